The molecule has 0 radical (unpaired) electrons. The SMILES string of the molecule is CCc1nc(N[C@@H](Cn2ccnc2)C(C)(C)C)c2cnn(C)c2n1. The normalized spacial score (nSPS) is 13.4. The molecule has 0 spiro atoms. The number of hydrogen-bond acceptors (Lipinski definition) is 5. The molecule has 3 heterocycles. The van der Waals surface area contributed by atoms with Gasteiger partial charge >= 0.3 is 0 Å². The summed E-state index contributed by atoms with van der Waals surface area (Å²) >= 11 is 0. The van der Waals surface area contributed by atoms with Gasteiger partial charge in [-0.05, 0) is 5.41 Å². The van der Waals surface area contributed by atoms with Crippen molar-refractivity contribution < 1.29 is 0 Å². The number of anilines is 1. The fourth-order valence-corrected chi connectivity index (χ4v) is 2.64. The van der Waals surface area contributed by atoms with E-state index in [0.717, 1.165) is 35.6 Å². The Hall–Kier alpha value is -2.44. The third-order valence-electron chi connectivity index (χ3n) is 4.26. The van der Waals surface area contributed by atoms with Crippen molar-refractivity contribution in [3.05, 3.63) is 30.7 Å². The second kappa shape index (κ2) is 6.22. The molecule has 3 aromatic rings. The van der Waals surface area contributed by atoms with E-state index in [1.54, 1.807) is 10.9 Å². The fourth-order valence-electron chi connectivity index (χ4n) is 2.64. The maximum atomic E-state index is 4.71. The summed E-state index contributed by atoms with van der Waals surface area (Å²) in [6, 6.07) is 0.190. The van der Waals surface area contributed by atoms with Crippen molar-refractivity contribution in [3.63, 3.8) is 0 Å². The zero-order chi connectivity index (χ0) is 17.3. The summed E-state index contributed by atoms with van der Waals surface area (Å²) in [5.74, 6) is 1.67. The number of aryl methyl sites for hydroxylation is 2. The quantitative estimate of drug-likeness (QED) is 0.780. The molecule has 0 bridgehead atoms. The molecule has 0 aliphatic heterocycles. The van der Waals surface area contributed by atoms with Crippen LogP contribution in [0.5, 0.6) is 0 Å². The van der Waals surface area contributed by atoms with Gasteiger partial charge in [-0.2, -0.15) is 5.10 Å². The zero-order valence-corrected chi connectivity index (χ0v) is 15.0. The van der Waals surface area contributed by atoms with Crippen molar-refractivity contribution in [1.29, 1.82) is 0 Å². The highest BCUT2D eigenvalue weighted by Gasteiger charge is 2.26. The van der Waals surface area contributed by atoms with E-state index in [0.29, 0.717) is 0 Å². The van der Waals surface area contributed by atoms with E-state index in [1.807, 2.05) is 25.8 Å². The summed E-state index contributed by atoms with van der Waals surface area (Å²) in [6.07, 6.45) is 8.25. The van der Waals surface area contributed by atoms with Gasteiger partial charge in [-0.1, -0.05) is 27.7 Å². The van der Waals surface area contributed by atoms with Crippen molar-refractivity contribution in [2.24, 2.45) is 12.5 Å². The van der Waals surface area contributed by atoms with Crippen molar-refractivity contribution in [2.75, 3.05) is 5.32 Å². The summed E-state index contributed by atoms with van der Waals surface area (Å²) in [5, 5.41) is 8.92. The summed E-state index contributed by atoms with van der Waals surface area (Å²) in [4.78, 5) is 13.4. The van der Waals surface area contributed by atoms with Crippen molar-refractivity contribution in [2.45, 2.75) is 46.7 Å². The Bertz CT molecular complexity index is 811. The molecule has 3 rings (SSSR count). The molecule has 0 saturated heterocycles. The van der Waals surface area contributed by atoms with E-state index >= 15 is 0 Å². The average molecular weight is 327 g/mol. The van der Waals surface area contributed by atoms with Crippen LogP contribution in [0.15, 0.2) is 24.9 Å². The topological polar surface area (TPSA) is 73.5 Å². The molecule has 0 fully saturated rings. The molecule has 0 aliphatic rings. The molecule has 0 saturated carbocycles. The lowest BCUT2D eigenvalue weighted by Gasteiger charge is -2.32. The highest BCUT2D eigenvalue weighted by Crippen LogP contribution is 2.27. The maximum absolute atomic E-state index is 4.71. The molecule has 7 heteroatoms. The van der Waals surface area contributed by atoms with E-state index in [1.165, 1.54) is 0 Å². The first-order valence-corrected chi connectivity index (χ1v) is 8.29. The van der Waals surface area contributed by atoms with Crippen LogP contribution in [0.25, 0.3) is 11.0 Å². The summed E-state index contributed by atoms with van der Waals surface area (Å²) in [5.41, 5.74) is 0.912. The molecule has 7 nitrogen and oxygen atoms in total. The number of nitrogens with one attached hydrogen (secondary N) is 1. The van der Waals surface area contributed by atoms with Crippen LogP contribution >= 0.6 is 0 Å². The number of nitrogens with zero attached hydrogens (tertiary/aromatic N) is 6. The van der Waals surface area contributed by atoms with Crippen molar-refractivity contribution in [3.8, 4) is 0 Å². The van der Waals surface area contributed by atoms with E-state index in [9.17, 15) is 0 Å². The van der Waals surface area contributed by atoms with Crippen LogP contribution < -0.4 is 5.32 Å². The van der Waals surface area contributed by atoms with Gasteiger partial charge in [0.1, 0.15) is 11.6 Å². The van der Waals surface area contributed by atoms with Gasteiger partial charge in [0, 0.05) is 32.4 Å². The second-order valence-electron chi connectivity index (χ2n) is 7.17. The van der Waals surface area contributed by atoms with Crippen LogP contribution in [0, 0.1) is 5.41 Å². The summed E-state index contributed by atoms with van der Waals surface area (Å²) < 4.78 is 3.88. The lowest BCUT2D eigenvalue weighted by atomic mass is 9.86. The molecule has 3 aromatic heterocycles. The predicted molar refractivity (Wildman–Crippen MR) is 94.8 cm³/mol. The first-order valence-electron chi connectivity index (χ1n) is 8.29. The first-order chi connectivity index (χ1) is 11.4. The number of hydrogen-bond donors (Lipinski definition) is 1. The lowest BCUT2D eigenvalue weighted by Crippen LogP contribution is -2.38. The number of imidazole rings is 1. The van der Waals surface area contributed by atoms with Gasteiger partial charge in [0.15, 0.2) is 5.65 Å². The van der Waals surface area contributed by atoms with Gasteiger partial charge in [-0.15, -0.1) is 0 Å². The molecule has 128 valence electrons. The third kappa shape index (κ3) is 3.25. The number of fused-ring (bicyclic) bond motifs is 1. The van der Waals surface area contributed by atoms with E-state index < -0.39 is 0 Å². The van der Waals surface area contributed by atoms with Crippen LogP contribution in [0.1, 0.15) is 33.5 Å². The van der Waals surface area contributed by atoms with Crippen LogP contribution in [-0.2, 0) is 20.0 Å². The predicted octanol–water partition coefficient (Wildman–Crippen LogP) is 2.65. The molecule has 1 N–H and O–H groups in total. The van der Waals surface area contributed by atoms with Gasteiger partial charge in [-0.25, -0.2) is 15.0 Å². The smallest absolute Gasteiger partial charge is 0.163 e. The molecule has 24 heavy (non-hydrogen) atoms. The average Bonchev–Trinajstić information content (AvgIpc) is 3.16. The Morgan fingerprint density at radius 2 is 2.04 bits per heavy atom. The van der Waals surface area contributed by atoms with Gasteiger partial charge in [0.2, 0.25) is 0 Å². The summed E-state index contributed by atoms with van der Waals surface area (Å²) in [6.45, 7) is 9.56. The minimum absolute atomic E-state index is 0.0517. The van der Waals surface area contributed by atoms with Gasteiger partial charge in [0.25, 0.3) is 0 Å². The van der Waals surface area contributed by atoms with Crippen LogP contribution in [0.3, 0.4) is 0 Å². The third-order valence-corrected chi connectivity index (χ3v) is 4.26. The maximum Gasteiger partial charge on any atom is 0.163 e. The van der Waals surface area contributed by atoms with Crippen LogP contribution in [0.2, 0.25) is 0 Å². The highest BCUT2D eigenvalue weighted by molar-refractivity contribution is 5.86. The van der Waals surface area contributed by atoms with E-state index in [4.69, 9.17) is 4.98 Å². The fraction of sp³-hybridized carbons (Fsp3) is 0.529. The van der Waals surface area contributed by atoms with E-state index in [-0.39, 0.29) is 11.5 Å². The molecule has 0 unspecified atom stereocenters. The molecule has 0 amide bonds. The minimum Gasteiger partial charge on any atom is -0.364 e. The summed E-state index contributed by atoms with van der Waals surface area (Å²) in [7, 11) is 1.91. The van der Waals surface area contributed by atoms with Crippen molar-refractivity contribution in [1.82, 2.24) is 29.3 Å². The molecular formula is C17H25N7. The lowest BCUT2D eigenvalue weighted by molar-refractivity contribution is 0.311. The Morgan fingerprint density at radius 1 is 1.25 bits per heavy atom. The Morgan fingerprint density at radius 3 is 2.67 bits per heavy atom. The second-order valence-corrected chi connectivity index (χ2v) is 7.17. The van der Waals surface area contributed by atoms with Crippen LogP contribution in [-0.4, -0.2) is 35.3 Å². The van der Waals surface area contributed by atoms with Gasteiger partial charge in [-0.3, -0.25) is 4.68 Å². The Labute approximate surface area is 142 Å². The van der Waals surface area contributed by atoms with Crippen LogP contribution in [0.4, 0.5) is 5.82 Å². The molecule has 0 aliphatic carbocycles. The Kier molecular flexibility index (Phi) is 4.26. The first kappa shape index (κ1) is 16.4. The number of aromatic nitrogens is 6. The minimum atomic E-state index is 0.0517. The zero-order valence-electron chi connectivity index (χ0n) is 15.0. The van der Waals surface area contributed by atoms with Crippen molar-refractivity contribution >= 4 is 16.9 Å². The van der Waals surface area contributed by atoms with Gasteiger partial charge in [0.05, 0.1) is 24.0 Å². The van der Waals surface area contributed by atoms with Gasteiger partial charge < -0.3 is 9.88 Å². The largest absolute Gasteiger partial charge is 0.364 e. The Balaban J connectivity index is 1.98. The molecular weight excluding hydrogens is 302 g/mol. The highest BCUT2D eigenvalue weighted by atomic mass is 15.3. The standard InChI is InChI=1S/C17H25N7/c1-6-14-21-15(12-9-19-23(5)16(12)22-14)20-13(17(2,3)4)10-24-8-7-18-11-24/h7-9,11,13H,6,10H2,1-5H3,(H,20,21,22)/t13-/m0/s1. The molecule has 0 aromatic carbocycles. The monoisotopic (exact) mass is 327 g/mol. The molecule has 1 atom stereocenters. The number of rotatable bonds is 5. The van der Waals surface area contributed by atoms with E-state index in [2.05, 4.69) is 52.6 Å².